The summed E-state index contributed by atoms with van der Waals surface area (Å²) in [7, 11) is 0. The van der Waals surface area contributed by atoms with Crippen LogP contribution in [0.5, 0.6) is 0 Å². The largest absolute Gasteiger partial charge is 0.368 e. The molecule has 0 aliphatic carbocycles. The number of nitrogens with two attached hydrogens (primary N) is 1. The highest BCUT2D eigenvalue weighted by Crippen LogP contribution is 2.23. The lowest BCUT2D eigenvalue weighted by Crippen LogP contribution is -2.42. The first-order valence-corrected chi connectivity index (χ1v) is 8.33. The highest BCUT2D eigenvalue weighted by atomic mass is 32.1. The number of H-pyrrole nitrogens is 1. The van der Waals surface area contributed by atoms with E-state index in [1.807, 2.05) is 23.6 Å². The second-order valence-electron chi connectivity index (χ2n) is 5.43. The Morgan fingerprint density at radius 1 is 1.40 bits per heavy atom. The van der Waals surface area contributed by atoms with Gasteiger partial charge in [0.25, 0.3) is 5.91 Å². The Morgan fingerprint density at radius 3 is 2.88 bits per heavy atom. The fourth-order valence-electron chi connectivity index (χ4n) is 2.25. The molecular formula is C17H15FN4O2S. The van der Waals surface area contributed by atoms with E-state index >= 15 is 0 Å². The lowest BCUT2D eigenvalue weighted by Gasteiger charge is -2.10. The predicted octanol–water partition coefficient (Wildman–Crippen LogP) is 2.54. The number of benzene rings is 1. The number of nitrogens with one attached hydrogen (secondary N) is 2. The summed E-state index contributed by atoms with van der Waals surface area (Å²) in [5.41, 5.74) is 6.00. The maximum Gasteiger partial charge on any atom is 0.254 e. The number of carbonyl (C=O) groups excluding carboxylic acids is 2. The maximum absolute atomic E-state index is 14.2. The van der Waals surface area contributed by atoms with Gasteiger partial charge in [-0.3, -0.25) is 14.7 Å². The average Bonchev–Trinajstić information content (AvgIpc) is 3.21. The Bertz CT molecular complexity index is 963. The van der Waals surface area contributed by atoms with Crippen LogP contribution in [-0.2, 0) is 4.79 Å². The number of hydrogen-bond donors (Lipinski definition) is 3. The number of carbonyl (C=O) groups is 2. The molecule has 0 saturated heterocycles. The van der Waals surface area contributed by atoms with Crippen LogP contribution in [0.4, 0.5) is 4.39 Å². The van der Waals surface area contributed by atoms with Crippen molar-refractivity contribution in [1.82, 2.24) is 15.5 Å². The molecule has 0 unspecified atom stereocenters. The van der Waals surface area contributed by atoms with Gasteiger partial charge in [-0.25, -0.2) is 4.39 Å². The van der Waals surface area contributed by atoms with Crippen molar-refractivity contribution in [2.24, 2.45) is 5.73 Å². The number of primary amides is 1. The van der Waals surface area contributed by atoms with Crippen LogP contribution in [0.15, 0.2) is 29.6 Å². The number of halogens is 1. The maximum atomic E-state index is 14.2. The van der Waals surface area contributed by atoms with Crippen molar-refractivity contribution >= 4 is 46.2 Å². The zero-order valence-corrected chi connectivity index (χ0v) is 14.1. The Hall–Kier alpha value is -3.00. The van der Waals surface area contributed by atoms with Gasteiger partial charge in [-0.05, 0) is 36.6 Å². The van der Waals surface area contributed by atoms with Crippen LogP contribution >= 0.6 is 11.3 Å². The van der Waals surface area contributed by atoms with Gasteiger partial charge in [0.15, 0.2) is 0 Å². The molecule has 1 atom stereocenters. The van der Waals surface area contributed by atoms with E-state index in [-0.39, 0.29) is 5.56 Å². The number of amides is 2. The molecule has 6 nitrogen and oxygen atoms in total. The van der Waals surface area contributed by atoms with E-state index in [1.165, 1.54) is 19.1 Å². The molecule has 0 saturated carbocycles. The molecule has 0 spiro atoms. The second-order valence-corrected chi connectivity index (χ2v) is 6.41. The summed E-state index contributed by atoms with van der Waals surface area (Å²) >= 11 is 1.58. The third-order valence-corrected chi connectivity index (χ3v) is 4.49. The monoisotopic (exact) mass is 358 g/mol. The third-order valence-electron chi connectivity index (χ3n) is 3.65. The highest BCUT2D eigenvalue weighted by molar-refractivity contribution is 7.10. The van der Waals surface area contributed by atoms with E-state index in [4.69, 9.17) is 5.73 Å². The Balaban J connectivity index is 1.95. The summed E-state index contributed by atoms with van der Waals surface area (Å²) in [4.78, 5) is 24.3. The molecule has 3 aromatic rings. The van der Waals surface area contributed by atoms with Crippen molar-refractivity contribution in [1.29, 1.82) is 0 Å². The van der Waals surface area contributed by atoms with Crippen LogP contribution in [0.1, 0.15) is 27.9 Å². The molecule has 2 aromatic heterocycles. The van der Waals surface area contributed by atoms with Crippen LogP contribution in [0.25, 0.3) is 23.1 Å². The zero-order valence-electron chi connectivity index (χ0n) is 13.2. The summed E-state index contributed by atoms with van der Waals surface area (Å²) < 4.78 is 14.2. The fraction of sp³-hybridized carbons (Fsp3) is 0.118. The van der Waals surface area contributed by atoms with Gasteiger partial charge in [0.2, 0.25) is 5.91 Å². The van der Waals surface area contributed by atoms with Gasteiger partial charge in [0, 0.05) is 16.3 Å². The van der Waals surface area contributed by atoms with Crippen molar-refractivity contribution in [2.45, 2.75) is 13.0 Å². The molecule has 0 aliphatic rings. The Kier molecular flexibility index (Phi) is 4.62. The SMILES string of the molecule is C[C@H](NC(=O)c1cc2c(C=Cc3cccs3)n[nH]c2cc1F)C(N)=O. The molecule has 4 N–H and O–H groups in total. The van der Waals surface area contributed by atoms with Crippen molar-refractivity contribution in [3.05, 3.63) is 51.6 Å². The molecule has 0 fully saturated rings. The molecule has 128 valence electrons. The molecule has 1 aromatic carbocycles. The van der Waals surface area contributed by atoms with Crippen molar-refractivity contribution < 1.29 is 14.0 Å². The van der Waals surface area contributed by atoms with Crippen LogP contribution in [0.2, 0.25) is 0 Å². The molecule has 2 heterocycles. The van der Waals surface area contributed by atoms with E-state index in [2.05, 4.69) is 15.5 Å². The lowest BCUT2D eigenvalue weighted by molar-refractivity contribution is -0.119. The smallest absolute Gasteiger partial charge is 0.254 e. The number of nitrogens with zero attached hydrogens (tertiary/aromatic N) is 1. The van der Waals surface area contributed by atoms with Gasteiger partial charge >= 0.3 is 0 Å². The number of thiophene rings is 1. The van der Waals surface area contributed by atoms with Crippen LogP contribution < -0.4 is 11.1 Å². The van der Waals surface area contributed by atoms with E-state index in [0.717, 1.165) is 4.88 Å². The lowest BCUT2D eigenvalue weighted by atomic mass is 10.1. The first-order chi connectivity index (χ1) is 12.0. The van der Waals surface area contributed by atoms with Crippen LogP contribution in [0, 0.1) is 5.82 Å². The Morgan fingerprint density at radius 2 is 2.20 bits per heavy atom. The molecule has 3 rings (SSSR count). The number of aromatic amines is 1. The summed E-state index contributed by atoms with van der Waals surface area (Å²) in [5, 5.41) is 11.8. The number of fused-ring (bicyclic) bond motifs is 1. The first kappa shape index (κ1) is 16.8. The minimum atomic E-state index is -0.898. The topological polar surface area (TPSA) is 101 Å². The summed E-state index contributed by atoms with van der Waals surface area (Å²) in [6.45, 7) is 1.43. The van der Waals surface area contributed by atoms with Gasteiger partial charge in [-0.2, -0.15) is 5.10 Å². The normalized spacial score (nSPS) is 12.6. The standard InChI is InChI=1S/C17H15FN4O2S/c1-9(16(19)23)20-17(24)11-7-12-14(5-4-10-3-2-6-25-10)21-22-15(12)8-13(11)18/h2-9H,1H3,(H2,19,23)(H,20,24)(H,21,22)/t9-/m0/s1. The minimum Gasteiger partial charge on any atom is -0.368 e. The predicted molar refractivity (Wildman–Crippen MR) is 95.4 cm³/mol. The molecule has 0 bridgehead atoms. The van der Waals surface area contributed by atoms with E-state index in [0.29, 0.717) is 16.6 Å². The minimum absolute atomic E-state index is 0.173. The number of hydrogen-bond acceptors (Lipinski definition) is 4. The molecule has 25 heavy (non-hydrogen) atoms. The van der Waals surface area contributed by atoms with Gasteiger partial charge in [0.1, 0.15) is 11.9 Å². The Labute approximate surface area is 146 Å². The third kappa shape index (κ3) is 3.58. The second kappa shape index (κ2) is 6.86. The summed E-state index contributed by atoms with van der Waals surface area (Å²) in [5.74, 6) is -2.11. The van der Waals surface area contributed by atoms with Crippen molar-refractivity contribution in [2.75, 3.05) is 0 Å². The molecule has 2 amide bonds. The summed E-state index contributed by atoms with van der Waals surface area (Å²) in [6, 6.07) is 5.61. The van der Waals surface area contributed by atoms with E-state index < -0.39 is 23.7 Å². The zero-order chi connectivity index (χ0) is 18.0. The van der Waals surface area contributed by atoms with Gasteiger partial charge in [-0.1, -0.05) is 6.07 Å². The van der Waals surface area contributed by atoms with Crippen LogP contribution in [-0.4, -0.2) is 28.1 Å². The average molecular weight is 358 g/mol. The van der Waals surface area contributed by atoms with Gasteiger partial charge in [0.05, 0.1) is 16.8 Å². The summed E-state index contributed by atoms with van der Waals surface area (Å²) in [6.07, 6.45) is 3.68. The van der Waals surface area contributed by atoms with Gasteiger partial charge in [-0.15, -0.1) is 11.3 Å². The number of aromatic nitrogens is 2. The number of rotatable bonds is 5. The molecular weight excluding hydrogens is 343 g/mol. The molecule has 0 radical (unpaired) electrons. The first-order valence-electron chi connectivity index (χ1n) is 7.45. The van der Waals surface area contributed by atoms with E-state index in [9.17, 15) is 14.0 Å². The highest BCUT2D eigenvalue weighted by Gasteiger charge is 2.19. The van der Waals surface area contributed by atoms with Gasteiger partial charge < -0.3 is 11.1 Å². The van der Waals surface area contributed by atoms with Crippen molar-refractivity contribution in [3.8, 4) is 0 Å². The van der Waals surface area contributed by atoms with Crippen LogP contribution in [0.3, 0.4) is 0 Å². The fourth-order valence-corrected chi connectivity index (χ4v) is 2.87. The van der Waals surface area contributed by atoms with Crippen molar-refractivity contribution in [3.63, 3.8) is 0 Å². The molecule has 8 heteroatoms. The quantitative estimate of drug-likeness (QED) is 0.653. The van der Waals surface area contributed by atoms with E-state index in [1.54, 1.807) is 17.4 Å². The molecule has 0 aliphatic heterocycles.